The third kappa shape index (κ3) is 3.54. The van der Waals surface area contributed by atoms with Crippen molar-refractivity contribution in [2.24, 2.45) is 0 Å². The predicted molar refractivity (Wildman–Crippen MR) is 105 cm³/mol. The summed E-state index contributed by atoms with van der Waals surface area (Å²) in [5, 5.41) is 2.84. The van der Waals surface area contributed by atoms with Crippen molar-refractivity contribution >= 4 is 11.9 Å². The zero-order valence-electron chi connectivity index (χ0n) is 16.5. The van der Waals surface area contributed by atoms with Gasteiger partial charge in [-0.3, -0.25) is 9.69 Å². The monoisotopic (exact) mass is 366 g/mol. The normalized spacial score (nSPS) is 20.0. The van der Waals surface area contributed by atoms with Gasteiger partial charge in [0.15, 0.2) is 0 Å². The van der Waals surface area contributed by atoms with Crippen LogP contribution in [0, 0.1) is 0 Å². The second-order valence-corrected chi connectivity index (χ2v) is 8.12. The third-order valence-electron chi connectivity index (χ3n) is 5.10. The van der Waals surface area contributed by atoms with Crippen molar-refractivity contribution in [2.45, 2.75) is 45.2 Å². The summed E-state index contributed by atoms with van der Waals surface area (Å²) < 4.78 is 5.16. The molecule has 2 aromatic rings. The molecule has 1 aliphatic rings. The quantitative estimate of drug-likeness (QED) is 0.833. The van der Waals surface area contributed by atoms with Crippen LogP contribution in [0.5, 0.6) is 5.75 Å². The number of methoxy groups -OCH3 is 1. The van der Waals surface area contributed by atoms with E-state index >= 15 is 0 Å². The Morgan fingerprint density at radius 1 is 1.00 bits per heavy atom. The van der Waals surface area contributed by atoms with Crippen LogP contribution < -0.4 is 10.1 Å². The van der Waals surface area contributed by atoms with Crippen LogP contribution in [0.15, 0.2) is 48.5 Å². The molecule has 5 heteroatoms. The molecule has 3 rings (SSSR count). The molecule has 0 saturated carbocycles. The highest BCUT2D eigenvalue weighted by Gasteiger charge is 2.48. The molecule has 1 N–H and O–H groups in total. The lowest BCUT2D eigenvalue weighted by Gasteiger charge is -2.23. The molecule has 3 amide bonds. The van der Waals surface area contributed by atoms with Crippen LogP contribution in [0.1, 0.15) is 44.4 Å². The van der Waals surface area contributed by atoms with E-state index in [0.717, 1.165) is 11.1 Å². The van der Waals surface area contributed by atoms with Crippen LogP contribution in [-0.2, 0) is 22.3 Å². The van der Waals surface area contributed by atoms with E-state index in [1.807, 2.05) is 12.1 Å². The molecule has 0 radical (unpaired) electrons. The van der Waals surface area contributed by atoms with Crippen LogP contribution in [0.4, 0.5) is 4.79 Å². The van der Waals surface area contributed by atoms with Gasteiger partial charge in [0.2, 0.25) is 0 Å². The van der Waals surface area contributed by atoms with Gasteiger partial charge < -0.3 is 10.1 Å². The van der Waals surface area contributed by atoms with Gasteiger partial charge in [-0.1, -0.05) is 57.2 Å². The average Bonchev–Trinajstić information content (AvgIpc) is 2.85. The number of hydrogen-bond donors (Lipinski definition) is 1. The lowest BCUT2D eigenvalue weighted by Crippen LogP contribution is -2.40. The Balaban J connectivity index is 1.81. The molecule has 0 bridgehead atoms. The molecule has 142 valence electrons. The first-order valence-corrected chi connectivity index (χ1v) is 9.03. The first-order chi connectivity index (χ1) is 12.6. The van der Waals surface area contributed by atoms with Crippen molar-refractivity contribution in [3.8, 4) is 5.75 Å². The number of rotatable bonds is 4. The van der Waals surface area contributed by atoms with Gasteiger partial charge >= 0.3 is 6.03 Å². The summed E-state index contributed by atoms with van der Waals surface area (Å²) in [7, 11) is 1.59. The molecule has 1 atom stereocenters. The molecule has 0 aliphatic carbocycles. The van der Waals surface area contributed by atoms with Crippen LogP contribution in [-0.4, -0.2) is 23.9 Å². The molecule has 2 aromatic carbocycles. The van der Waals surface area contributed by atoms with Gasteiger partial charge in [0.1, 0.15) is 11.3 Å². The number of nitrogens with zero attached hydrogens (tertiary/aromatic N) is 1. The van der Waals surface area contributed by atoms with E-state index in [1.54, 1.807) is 38.3 Å². The minimum atomic E-state index is -1.07. The molecule has 1 saturated heterocycles. The van der Waals surface area contributed by atoms with Gasteiger partial charge in [-0.25, -0.2) is 4.79 Å². The average molecular weight is 366 g/mol. The lowest BCUT2D eigenvalue weighted by atomic mass is 9.86. The van der Waals surface area contributed by atoms with Crippen molar-refractivity contribution in [1.29, 1.82) is 0 Å². The molecule has 5 nitrogen and oxygen atoms in total. The summed E-state index contributed by atoms with van der Waals surface area (Å²) >= 11 is 0. The number of carbonyl (C=O) groups is 2. The third-order valence-corrected chi connectivity index (χ3v) is 5.10. The number of ether oxygens (including phenoxy) is 1. The summed E-state index contributed by atoms with van der Waals surface area (Å²) in [6.45, 7) is 8.44. The number of hydrogen-bond acceptors (Lipinski definition) is 3. The first kappa shape index (κ1) is 19.0. The lowest BCUT2D eigenvalue weighted by molar-refractivity contribution is -0.131. The minimum absolute atomic E-state index is 0.0618. The topological polar surface area (TPSA) is 58.6 Å². The molecule has 0 aromatic heterocycles. The van der Waals surface area contributed by atoms with Crippen molar-refractivity contribution in [1.82, 2.24) is 10.2 Å². The molecule has 0 spiro atoms. The number of amides is 3. The summed E-state index contributed by atoms with van der Waals surface area (Å²) in [6.07, 6.45) is 0. The molecule has 1 heterocycles. The number of imide groups is 1. The summed E-state index contributed by atoms with van der Waals surface area (Å²) in [6, 6.07) is 14.9. The molecular formula is C22H26N2O3. The van der Waals surface area contributed by atoms with E-state index in [-0.39, 0.29) is 23.9 Å². The number of urea groups is 1. The fourth-order valence-electron chi connectivity index (χ4n) is 3.25. The smallest absolute Gasteiger partial charge is 0.325 e. The number of carbonyl (C=O) groups excluding carboxylic acids is 2. The Morgan fingerprint density at radius 3 is 2.11 bits per heavy atom. The zero-order chi connectivity index (χ0) is 19.8. The van der Waals surface area contributed by atoms with Gasteiger partial charge in [-0.15, -0.1) is 0 Å². The van der Waals surface area contributed by atoms with E-state index < -0.39 is 5.54 Å². The molecule has 1 fully saturated rings. The second kappa shape index (κ2) is 6.72. The molecule has 27 heavy (non-hydrogen) atoms. The summed E-state index contributed by atoms with van der Waals surface area (Å²) in [5.41, 5.74) is 1.85. The van der Waals surface area contributed by atoms with Crippen LogP contribution >= 0.6 is 0 Å². The molecular weight excluding hydrogens is 340 g/mol. The zero-order valence-corrected chi connectivity index (χ0v) is 16.5. The Kier molecular flexibility index (Phi) is 4.72. The molecule has 1 aliphatic heterocycles. The summed E-state index contributed by atoms with van der Waals surface area (Å²) in [5.74, 6) is 0.451. The van der Waals surface area contributed by atoms with E-state index in [9.17, 15) is 9.59 Å². The Bertz CT molecular complexity index is 851. The highest BCUT2D eigenvalue weighted by molar-refractivity contribution is 6.07. The Hall–Kier alpha value is -2.82. The predicted octanol–water partition coefficient (Wildman–Crippen LogP) is 3.96. The van der Waals surface area contributed by atoms with Crippen molar-refractivity contribution < 1.29 is 14.3 Å². The Labute approximate surface area is 160 Å². The minimum Gasteiger partial charge on any atom is -0.497 e. The maximum atomic E-state index is 13.0. The van der Waals surface area contributed by atoms with Gasteiger partial charge in [0.05, 0.1) is 13.7 Å². The SMILES string of the molecule is COc1ccc([C@@]2(C)NC(=O)N(Cc3ccc(C(C)(C)C)cc3)C2=O)cc1. The van der Waals surface area contributed by atoms with Crippen LogP contribution in [0.25, 0.3) is 0 Å². The Morgan fingerprint density at radius 2 is 1.59 bits per heavy atom. The van der Waals surface area contributed by atoms with E-state index in [0.29, 0.717) is 5.75 Å². The first-order valence-electron chi connectivity index (χ1n) is 9.03. The standard InChI is InChI=1S/C22H26N2O3/c1-21(2,3)16-8-6-15(7-9-16)14-24-19(25)22(4,23-20(24)26)17-10-12-18(27-5)13-11-17/h6-13H,14H2,1-5H3,(H,23,26)/t22-/m1/s1. The van der Waals surface area contributed by atoms with Gasteiger partial charge in [0.25, 0.3) is 5.91 Å². The van der Waals surface area contributed by atoms with E-state index in [2.05, 4.69) is 38.2 Å². The fraction of sp³-hybridized carbons (Fsp3) is 0.364. The van der Waals surface area contributed by atoms with Crippen LogP contribution in [0.2, 0.25) is 0 Å². The van der Waals surface area contributed by atoms with Crippen molar-refractivity contribution in [2.75, 3.05) is 7.11 Å². The van der Waals surface area contributed by atoms with Crippen molar-refractivity contribution in [3.63, 3.8) is 0 Å². The highest BCUT2D eigenvalue weighted by atomic mass is 16.5. The van der Waals surface area contributed by atoms with Gasteiger partial charge in [0, 0.05) is 0 Å². The fourth-order valence-corrected chi connectivity index (χ4v) is 3.25. The van der Waals surface area contributed by atoms with E-state index in [1.165, 1.54) is 10.5 Å². The van der Waals surface area contributed by atoms with Gasteiger partial charge in [-0.05, 0) is 41.2 Å². The maximum absolute atomic E-state index is 13.0. The largest absolute Gasteiger partial charge is 0.497 e. The van der Waals surface area contributed by atoms with E-state index in [4.69, 9.17) is 4.74 Å². The number of nitrogens with one attached hydrogen (secondary N) is 1. The van der Waals surface area contributed by atoms with Crippen molar-refractivity contribution in [3.05, 3.63) is 65.2 Å². The number of benzene rings is 2. The summed E-state index contributed by atoms with van der Waals surface area (Å²) in [4.78, 5) is 26.8. The van der Waals surface area contributed by atoms with Gasteiger partial charge in [-0.2, -0.15) is 0 Å². The maximum Gasteiger partial charge on any atom is 0.325 e. The molecule has 0 unspecified atom stereocenters. The highest BCUT2D eigenvalue weighted by Crippen LogP contribution is 2.31. The van der Waals surface area contributed by atoms with Crippen LogP contribution in [0.3, 0.4) is 0 Å². The second-order valence-electron chi connectivity index (χ2n) is 8.12.